The fourth-order valence-electron chi connectivity index (χ4n) is 6.70. The van der Waals surface area contributed by atoms with E-state index in [9.17, 15) is 19.5 Å². The molecule has 2 amide bonds. The third kappa shape index (κ3) is 5.91. The molecule has 7 nitrogen and oxygen atoms in total. The van der Waals surface area contributed by atoms with Gasteiger partial charge in [-0.3, -0.25) is 9.59 Å². The number of hydrogen-bond acceptors (Lipinski definition) is 5. The van der Waals surface area contributed by atoms with Crippen molar-refractivity contribution in [1.82, 2.24) is 4.90 Å². The number of aliphatic hydroxyl groups excluding tert-OH is 1. The molecule has 2 aliphatic heterocycles. The van der Waals surface area contributed by atoms with Crippen LogP contribution in [0.2, 0.25) is 23.7 Å². The Kier molecular flexibility index (Phi) is 9.18. The Bertz CT molecular complexity index is 1450. The number of ether oxygens (including phenoxy) is 1. The molecule has 0 saturated carbocycles. The zero-order valence-corrected chi connectivity index (χ0v) is 27.9. The summed E-state index contributed by atoms with van der Waals surface area (Å²) in [6.07, 6.45) is -0.703. The summed E-state index contributed by atoms with van der Waals surface area (Å²) in [4.78, 5) is 43.2. The van der Waals surface area contributed by atoms with Gasteiger partial charge in [0.05, 0.1) is 31.4 Å². The number of hydrogen-bond donors (Lipinski definition) is 2. The van der Waals surface area contributed by atoms with E-state index in [0.717, 1.165) is 20.4 Å². The van der Waals surface area contributed by atoms with E-state index in [1.165, 1.54) is 0 Å². The number of halogens is 2. The topological polar surface area (TPSA) is 90.3 Å². The van der Waals surface area contributed by atoms with Gasteiger partial charge in [0.2, 0.25) is 5.91 Å². The summed E-state index contributed by atoms with van der Waals surface area (Å²) in [7, 11) is -2.95. The minimum absolute atomic E-state index is 0.0130. The first-order valence-corrected chi connectivity index (χ1v) is 18.6. The average Bonchev–Trinajstić information content (AvgIpc) is 3.36. The van der Waals surface area contributed by atoms with Gasteiger partial charge in [-0.1, -0.05) is 61.0 Å². The number of benzene rings is 3. The summed E-state index contributed by atoms with van der Waals surface area (Å²) in [5.41, 5.74) is 1.55. The van der Waals surface area contributed by atoms with Crippen molar-refractivity contribution in [1.29, 1.82) is 0 Å². The summed E-state index contributed by atoms with van der Waals surface area (Å²) in [5.74, 6) is -0.813. The average molecular weight is 719 g/mol. The molecule has 0 unspecified atom stereocenters. The maximum Gasteiger partial charge on any atom is 0.264 e. The molecular formula is C32H36ClIN2O5Si. The molecule has 1 saturated heterocycles. The minimum Gasteiger partial charge on any atom is -0.432 e. The molecule has 5 rings (SSSR count). The van der Waals surface area contributed by atoms with Crippen molar-refractivity contribution in [2.75, 3.05) is 18.1 Å². The van der Waals surface area contributed by atoms with E-state index in [-0.39, 0.29) is 31.4 Å². The fourth-order valence-corrected chi connectivity index (χ4v) is 9.78. The third-order valence-electron chi connectivity index (χ3n) is 8.51. The Morgan fingerprint density at radius 1 is 1.10 bits per heavy atom. The molecule has 2 N–H and O–H groups in total. The van der Waals surface area contributed by atoms with Crippen LogP contribution in [0.15, 0.2) is 72.8 Å². The Morgan fingerprint density at radius 2 is 1.79 bits per heavy atom. The van der Waals surface area contributed by atoms with Gasteiger partial charge in [-0.25, -0.2) is 0 Å². The van der Waals surface area contributed by atoms with Crippen LogP contribution in [0.5, 0.6) is 0 Å². The van der Waals surface area contributed by atoms with Crippen LogP contribution in [0.25, 0.3) is 0 Å². The molecule has 42 heavy (non-hydrogen) atoms. The number of amides is 2. The molecule has 4 atom stereocenters. The predicted molar refractivity (Wildman–Crippen MR) is 175 cm³/mol. The first-order valence-electron chi connectivity index (χ1n) is 14.1. The van der Waals surface area contributed by atoms with Gasteiger partial charge in [0.1, 0.15) is 0 Å². The molecule has 2 heterocycles. The van der Waals surface area contributed by atoms with E-state index in [4.69, 9.17) is 16.3 Å². The molecule has 0 aliphatic carbocycles. The van der Waals surface area contributed by atoms with Crippen LogP contribution in [0.4, 0.5) is 5.69 Å². The number of fused-ring (bicyclic) bond motifs is 2. The van der Waals surface area contributed by atoms with Crippen molar-refractivity contribution in [3.63, 3.8) is 0 Å². The smallest absolute Gasteiger partial charge is 0.264 e. The van der Waals surface area contributed by atoms with Crippen molar-refractivity contribution in [2.45, 2.75) is 56.8 Å². The van der Waals surface area contributed by atoms with Crippen LogP contribution in [0.3, 0.4) is 0 Å². The highest BCUT2D eigenvalue weighted by Gasteiger charge is 2.66. The van der Waals surface area contributed by atoms with Gasteiger partial charge in [-0.15, -0.1) is 0 Å². The summed E-state index contributed by atoms with van der Waals surface area (Å²) >= 11 is 8.75. The Labute approximate surface area is 266 Å². The zero-order chi connectivity index (χ0) is 30.2. The molecular weight excluding hydrogens is 683 g/mol. The third-order valence-corrected chi connectivity index (χ3v) is 12.0. The van der Waals surface area contributed by atoms with E-state index in [0.29, 0.717) is 23.7 Å². The van der Waals surface area contributed by atoms with E-state index < -0.39 is 31.5 Å². The van der Waals surface area contributed by atoms with E-state index >= 15 is 0 Å². The van der Waals surface area contributed by atoms with Gasteiger partial charge in [0.25, 0.3) is 5.91 Å². The lowest BCUT2D eigenvalue weighted by Gasteiger charge is -2.32. The molecule has 0 aromatic heterocycles. The summed E-state index contributed by atoms with van der Waals surface area (Å²) in [6, 6.07) is 23.1. The number of rotatable bonds is 9. The fraction of sp³-hybridized carbons (Fsp3) is 0.375. The van der Waals surface area contributed by atoms with Crippen LogP contribution >= 0.6 is 34.2 Å². The Morgan fingerprint density at radius 3 is 2.43 bits per heavy atom. The molecule has 3 aromatic rings. The molecule has 2 aliphatic rings. The Hall–Kier alpha value is -2.28. The summed E-state index contributed by atoms with van der Waals surface area (Å²) in [6.45, 7) is 6.33. The van der Waals surface area contributed by atoms with E-state index in [1.807, 2.05) is 80.7 Å². The van der Waals surface area contributed by atoms with Gasteiger partial charge in [-0.2, -0.15) is 0 Å². The van der Waals surface area contributed by atoms with Crippen molar-refractivity contribution < 1.29 is 24.2 Å². The Balaban J connectivity index is 1.50. The van der Waals surface area contributed by atoms with Gasteiger partial charge in [-0.05, 0) is 77.1 Å². The van der Waals surface area contributed by atoms with Gasteiger partial charge >= 0.3 is 0 Å². The maximum atomic E-state index is 14.5. The number of aliphatic hydroxyl groups is 1. The zero-order valence-electron chi connectivity index (χ0n) is 24.0. The molecule has 1 fully saturated rings. The van der Waals surface area contributed by atoms with Gasteiger partial charge < -0.3 is 24.4 Å². The van der Waals surface area contributed by atoms with Crippen LogP contribution < -0.4 is 4.90 Å². The van der Waals surface area contributed by atoms with Crippen molar-refractivity contribution in [3.05, 3.63) is 98.1 Å². The van der Waals surface area contributed by atoms with Crippen LogP contribution in [-0.4, -0.2) is 54.2 Å². The molecule has 222 valence electrons. The first kappa shape index (κ1) is 31.2. The number of carbonyl (C=O) groups is 2. The molecule has 1 spiro atoms. The van der Waals surface area contributed by atoms with Crippen LogP contribution in [0.1, 0.15) is 30.0 Å². The standard InChI is InChI=1S/C32H36ClIN2O5Si/c1-21-30(42(2,3)40)28(18-29(38)35(15-16-37)19-22-7-5-4-6-8-22)41-32(21)26-17-24(33)11-14-27(26)36(31(32)39)20-23-9-12-25(34)13-10-23/h4-14,17,21,28,30,37,40H,15-16,18-20H2,1-3H3/t21-,28+,30-,32+/m0/s1. The summed E-state index contributed by atoms with van der Waals surface area (Å²) in [5, 5.41) is 10.2. The number of anilines is 1. The van der Waals surface area contributed by atoms with Crippen LogP contribution in [-0.2, 0) is 33.0 Å². The SMILES string of the molecule is C[C@H]1[C@H]([Si](C)(C)O)[C@@H](CC(=O)N(CCO)Cc2ccccc2)O[C@]12C(=O)N(Cc1ccc(I)cc1)c1ccc(Cl)cc12. The second kappa shape index (κ2) is 12.4. The van der Waals surface area contributed by atoms with Crippen molar-refractivity contribution in [3.8, 4) is 0 Å². The lowest BCUT2D eigenvalue weighted by molar-refractivity contribution is -0.150. The van der Waals surface area contributed by atoms with Gasteiger partial charge in [0, 0.05) is 38.7 Å². The lowest BCUT2D eigenvalue weighted by atomic mass is 9.82. The normalized spacial score (nSPS) is 23.5. The van der Waals surface area contributed by atoms with Gasteiger partial charge in [0.15, 0.2) is 13.9 Å². The molecule has 0 radical (unpaired) electrons. The highest BCUT2D eigenvalue weighted by molar-refractivity contribution is 14.1. The predicted octanol–water partition coefficient (Wildman–Crippen LogP) is 5.70. The number of carbonyl (C=O) groups excluding carboxylic acids is 2. The number of nitrogens with zero attached hydrogens (tertiary/aromatic N) is 2. The van der Waals surface area contributed by atoms with Crippen molar-refractivity contribution >= 4 is 60.0 Å². The van der Waals surface area contributed by atoms with E-state index in [2.05, 4.69) is 22.6 Å². The first-order chi connectivity index (χ1) is 20.0. The highest BCUT2D eigenvalue weighted by atomic mass is 127. The quantitative estimate of drug-likeness (QED) is 0.219. The minimum atomic E-state index is -2.95. The molecule has 3 aromatic carbocycles. The second-order valence-electron chi connectivity index (χ2n) is 11.8. The highest BCUT2D eigenvalue weighted by Crippen LogP contribution is 2.60. The van der Waals surface area contributed by atoms with Crippen molar-refractivity contribution in [2.24, 2.45) is 5.92 Å². The van der Waals surface area contributed by atoms with Crippen LogP contribution in [0, 0.1) is 9.49 Å². The lowest BCUT2D eigenvalue weighted by Crippen LogP contribution is -2.46. The van der Waals surface area contributed by atoms with E-state index in [1.54, 1.807) is 21.9 Å². The molecule has 10 heteroatoms. The monoisotopic (exact) mass is 718 g/mol. The largest absolute Gasteiger partial charge is 0.432 e. The second-order valence-corrected chi connectivity index (χ2v) is 17.4. The maximum absolute atomic E-state index is 14.5. The summed E-state index contributed by atoms with van der Waals surface area (Å²) < 4.78 is 7.91. The molecule has 0 bridgehead atoms.